The molecule has 10 aromatic carbocycles. The number of anilines is 6. The Morgan fingerprint density at radius 2 is 0.923 bits per heavy atom. The highest BCUT2D eigenvalue weighted by Crippen LogP contribution is 2.51. The van der Waals surface area contributed by atoms with E-state index in [9.17, 15) is 0 Å². The van der Waals surface area contributed by atoms with Crippen molar-refractivity contribution in [2.24, 2.45) is 0 Å². The molecule has 320 valence electrons. The second-order valence-corrected chi connectivity index (χ2v) is 21.4. The Morgan fingerprint density at radius 3 is 1.49 bits per heavy atom. The minimum atomic E-state index is -0.886. The van der Waals surface area contributed by atoms with Crippen LogP contribution in [0.5, 0.6) is 0 Å². The number of nitrogens with zero attached hydrogens (tertiary/aromatic N) is 2. The fraction of sp³-hybridized carbons (Fsp3) is 0.161. The molecule has 0 spiro atoms. The van der Waals surface area contributed by atoms with Crippen LogP contribution in [0.4, 0.5) is 34.1 Å². The van der Waals surface area contributed by atoms with Crippen molar-refractivity contribution >= 4 is 86.3 Å². The normalized spacial score (nSPS) is 12.0. The first-order valence-electron chi connectivity index (χ1n) is 23.1. The maximum absolute atomic E-state index is 2.56. The molecule has 0 fully saturated rings. The predicted molar refractivity (Wildman–Crippen MR) is 286 cm³/mol. The van der Waals surface area contributed by atoms with E-state index >= 15 is 0 Å². The number of hydrogen-bond acceptors (Lipinski definition) is 2. The van der Waals surface area contributed by atoms with Crippen LogP contribution in [0, 0.1) is 41.5 Å². The molecule has 65 heavy (non-hydrogen) atoms. The van der Waals surface area contributed by atoms with Crippen LogP contribution >= 0.6 is 0 Å². The van der Waals surface area contributed by atoms with Crippen LogP contribution in [0.2, 0.25) is 0 Å². The molecule has 0 aromatic heterocycles. The third-order valence-electron chi connectivity index (χ3n) is 13.5. The molecule has 0 amide bonds. The second kappa shape index (κ2) is 16.6. The van der Waals surface area contributed by atoms with Crippen LogP contribution in [0.25, 0.3) is 43.4 Å². The van der Waals surface area contributed by atoms with E-state index in [1.165, 1.54) is 110 Å². The molecule has 0 unspecified atom stereocenters. The molecular formula is C62H58N2Si. The van der Waals surface area contributed by atoms with Gasteiger partial charge in [0, 0.05) is 38.9 Å². The van der Waals surface area contributed by atoms with Gasteiger partial charge in [-0.15, -0.1) is 0 Å². The Bertz CT molecular complexity index is 3410. The maximum atomic E-state index is 2.56. The van der Waals surface area contributed by atoms with Crippen molar-refractivity contribution in [1.82, 2.24) is 0 Å². The predicted octanol–water partition coefficient (Wildman–Crippen LogP) is 15.5. The number of hydrogen-bond donors (Lipinski definition) is 0. The monoisotopic (exact) mass is 858 g/mol. The summed E-state index contributed by atoms with van der Waals surface area (Å²) in [7, 11) is -0.886. The number of rotatable bonds is 9. The Labute approximate surface area is 388 Å². The summed E-state index contributed by atoms with van der Waals surface area (Å²) in [5.41, 5.74) is 18.6. The summed E-state index contributed by atoms with van der Waals surface area (Å²) in [4.78, 5) is 5.08. The van der Waals surface area contributed by atoms with Crippen molar-refractivity contribution < 1.29 is 0 Å². The van der Waals surface area contributed by atoms with E-state index in [-0.39, 0.29) is 5.41 Å². The van der Waals surface area contributed by atoms with Gasteiger partial charge in [-0.1, -0.05) is 176 Å². The van der Waals surface area contributed by atoms with Gasteiger partial charge in [0.2, 0.25) is 0 Å². The van der Waals surface area contributed by atoms with Crippen LogP contribution in [0.3, 0.4) is 0 Å². The van der Waals surface area contributed by atoms with E-state index in [4.69, 9.17) is 0 Å². The highest BCUT2D eigenvalue weighted by molar-refractivity contribution is 6.68. The molecule has 2 nitrogen and oxygen atoms in total. The minimum Gasteiger partial charge on any atom is -0.310 e. The average molecular weight is 859 g/mol. The van der Waals surface area contributed by atoms with Gasteiger partial charge in [0.15, 0.2) is 0 Å². The summed E-state index contributed by atoms with van der Waals surface area (Å²) in [5.74, 6) is 0. The van der Waals surface area contributed by atoms with Gasteiger partial charge in [-0.25, -0.2) is 0 Å². The Hall–Kier alpha value is -6.94. The van der Waals surface area contributed by atoms with Gasteiger partial charge in [-0.2, -0.15) is 0 Å². The largest absolute Gasteiger partial charge is 0.310 e. The molecule has 0 bridgehead atoms. The average Bonchev–Trinajstić information content (AvgIpc) is 3.28. The topological polar surface area (TPSA) is 6.48 Å². The molecule has 0 atom stereocenters. The zero-order chi connectivity index (χ0) is 45.1. The van der Waals surface area contributed by atoms with E-state index in [1.54, 1.807) is 0 Å². The standard InChI is InChI=1S/C62H58N2Si/c1-39-16-14-18-48(34-39)63(55-30-24-40(2)32-43(55)5)57-38-58(54-29-27-46-36-47(62(7,8)9)35-45-26-28-53(57)61(54)60(45)46)64(56-31-25-41(3)33-44(56)6)49-19-15-20-50(37-49)65-59-23-13-12-22-52(59)51-21-11-10-17-42(51)4/h10-38H,65H2,1-9H3. The van der Waals surface area contributed by atoms with Gasteiger partial charge in [-0.3, -0.25) is 0 Å². The lowest BCUT2D eigenvalue weighted by atomic mass is 9.83. The summed E-state index contributed by atoms with van der Waals surface area (Å²) in [6, 6.07) is 67.0. The van der Waals surface area contributed by atoms with Crippen LogP contribution in [-0.4, -0.2) is 9.52 Å². The molecule has 0 heterocycles. The molecule has 10 aromatic rings. The Balaban J connectivity index is 1.28. The van der Waals surface area contributed by atoms with E-state index in [0.29, 0.717) is 0 Å². The summed E-state index contributed by atoms with van der Waals surface area (Å²) in [6.45, 7) is 20.3. The van der Waals surface area contributed by atoms with Gasteiger partial charge in [0.05, 0.1) is 20.9 Å². The molecule has 3 heteroatoms. The van der Waals surface area contributed by atoms with Crippen molar-refractivity contribution in [3.8, 4) is 11.1 Å². The molecule has 0 saturated carbocycles. The molecule has 0 radical (unpaired) electrons. The lowest BCUT2D eigenvalue weighted by molar-refractivity contribution is 0.591. The van der Waals surface area contributed by atoms with Gasteiger partial charge in [0.1, 0.15) is 0 Å². The smallest absolute Gasteiger partial charge is 0.0884 e. The van der Waals surface area contributed by atoms with Crippen molar-refractivity contribution in [1.29, 1.82) is 0 Å². The lowest BCUT2D eigenvalue weighted by Gasteiger charge is -2.34. The third kappa shape index (κ3) is 7.78. The summed E-state index contributed by atoms with van der Waals surface area (Å²) < 4.78 is 0. The fourth-order valence-electron chi connectivity index (χ4n) is 10.2. The first kappa shape index (κ1) is 42.0. The van der Waals surface area contributed by atoms with E-state index in [0.717, 1.165) is 17.1 Å². The molecule has 0 aliphatic rings. The third-order valence-corrected chi connectivity index (χ3v) is 15.3. The van der Waals surface area contributed by atoms with Crippen LogP contribution in [0.15, 0.2) is 176 Å². The molecule has 0 saturated heterocycles. The van der Waals surface area contributed by atoms with Crippen LogP contribution < -0.4 is 20.2 Å². The fourth-order valence-corrected chi connectivity index (χ4v) is 12.0. The van der Waals surface area contributed by atoms with Gasteiger partial charge < -0.3 is 9.80 Å². The number of benzene rings is 10. The molecule has 0 aliphatic heterocycles. The molecule has 0 N–H and O–H groups in total. The first-order valence-corrected chi connectivity index (χ1v) is 24.5. The lowest BCUT2D eigenvalue weighted by Crippen LogP contribution is -2.29. The van der Waals surface area contributed by atoms with Crippen molar-refractivity contribution in [3.05, 3.63) is 215 Å². The quantitative estimate of drug-likeness (QED) is 0.105. The molecule has 0 aliphatic carbocycles. The highest BCUT2D eigenvalue weighted by atomic mass is 28.2. The summed E-state index contributed by atoms with van der Waals surface area (Å²) in [5, 5.41) is 10.5. The maximum Gasteiger partial charge on any atom is 0.0884 e. The van der Waals surface area contributed by atoms with Gasteiger partial charge in [-0.05, 0) is 145 Å². The van der Waals surface area contributed by atoms with Crippen molar-refractivity contribution in [2.45, 2.75) is 67.7 Å². The molecule has 10 rings (SSSR count). The van der Waals surface area contributed by atoms with Gasteiger partial charge >= 0.3 is 0 Å². The Morgan fingerprint density at radius 1 is 0.385 bits per heavy atom. The van der Waals surface area contributed by atoms with Gasteiger partial charge in [0.25, 0.3) is 0 Å². The zero-order valence-electron chi connectivity index (χ0n) is 39.3. The summed E-state index contributed by atoms with van der Waals surface area (Å²) in [6.07, 6.45) is 0. The zero-order valence-corrected chi connectivity index (χ0v) is 40.8. The van der Waals surface area contributed by atoms with E-state index < -0.39 is 9.52 Å². The summed E-state index contributed by atoms with van der Waals surface area (Å²) >= 11 is 0. The second-order valence-electron chi connectivity index (χ2n) is 19.5. The minimum absolute atomic E-state index is 0.0141. The SMILES string of the molecule is Cc1cccc(N(c2ccc(C)cc2C)c2cc(N(c3cccc([SiH2]c4ccccc4-c4ccccc4C)c3)c3ccc(C)cc3C)c3ccc4cc(C(C)(C)C)cc5ccc2c3c54)c1. The molecular weight excluding hydrogens is 801 g/mol. The highest BCUT2D eigenvalue weighted by Gasteiger charge is 2.27. The van der Waals surface area contributed by atoms with Crippen LogP contribution in [0.1, 0.15) is 59.7 Å². The van der Waals surface area contributed by atoms with Crippen molar-refractivity contribution in [2.75, 3.05) is 9.80 Å². The van der Waals surface area contributed by atoms with Crippen LogP contribution in [-0.2, 0) is 5.41 Å². The van der Waals surface area contributed by atoms with E-state index in [1.807, 2.05) is 0 Å². The van der Waals surface area contributed by atoms with Crippen molar-refractivity contribution in [3.63, 3.8) is 0 Å². The first-order chi connectivity index (χ1) is 31.3. The number of aryl methyl sites for hydroxylation is 6. The Kier molecular flexibility index (Phi) is 10.7. The van der Waals surface area contributed by atoms with E-state index in [2.05, 4.69) is 248 Å².